The van der Waals surface area contributed by atoms with E-state index < -0.39 is 0 Å². The van der Waals surface area contributed by atoms with E-state index in [-0.39, 0.29) is 12.1 Å². The summed E-state index contributed by atoms with van der Waals surface area (Å²) in [5, 5.41) is 1.09. The third kappa shape index (κ3) is 3.12. The molecule has 2 atom stereocenters. The van der Waals surface area contributed by atoms with Crippen molar-refractivity contribution in [3.8, 4) is 0 Å². The molecule has 0 fully saturated rings. The van der Waals surface area contributed by atoms with Crippen molar-refractivity contribution in [1.82, 2.24) is 0 Å². The van der Waals surface area contributed by atoms with E-state index in [0.29, 0.717) is 6.61 Å². The predicted molar refractivity (Wildman–Crippen MR) is 73.5 cm³/mol. The van der Waals surface area contributed by atoms with Crippen LogP contribution in [0.5, 0.6) is 0 Å². The fraction of sp³-hybridized carbons (Fsp3) is 0.467. The lowest BCUT2D eigenvalue weighted by Gasteiger charge is -2.14. The second kappa shape index (κ2) is 6.03. The Hall–Kier alpha value is -1.32. The van der Waals surface area contributed by atoms with E-state index >= 15 is 0 Å². The number of ether oxygens (including phenoxy) is 1. The van der Waals surface area contributed by atoms with Crippen LogP contribution in [0.1, 0.15) is 38.5 Å². The van der Waals surface area contributed by atoms with Gasteiger partial charge in [0.15, 0.2) is 0 Å². The summed E-state index contributed by atoms with van der Waals surface area (Å²) >= 11 is 0. The Bertz CT molecular complexity index is 459. The normalized spacial score (nSPS) is 14.8. The molecule has 1 aromatic heterocycles. The van der Waals surface area contributed by atoms with Gasteiger partial charge < -0.3 is 14.9 Å². The molecule has 0 aliphatic carbocycles. The quantitative estimate of drug-likeness (QED) is 0.847. The fourth-order valence-corrected chi connectivity index (χ4v) is 2.03. The van der Waals surface area contributed by atoms with Gasteiger partial charge in [-0.05, 0) is 25.5 Å². The maximum absolute atomic E-state index is 6.08. The number of para-hydroxylation sites is 1. The Balaban J connectivity index is 1.98. The lowest BCUT2D eigenvalue weighted by molar-refractivity contribution is 0.0474. The molecule has 0 spiro atoms. The molecule has 0 saturated heterocycles. The molecule has 0 aliphatic rings. The molecule has 0 aliphatic heterocycles. The first-order chi connectivity index (χ1) is 8.70. The van der Waals surface area contributed by atoms with Gasteiger partial charge in [0.2, 0.25) is 0 Å². The van der Waals surface area contributed by atoms with Crippen LogP contribution in [-0.4, -0.2) is 12.7 Å². The average Bonchev–Trinajstić information content (AvgIpc) is 2.80. The van der Waals surface area contributed by atoms with Crippen LogP contribution < -0.4 is 5.73 Å². The standard InChI is InChI=1S/C15H21NO2/c1-3-6-11(2)17-10-13(16)15-9-12-7-4-5-8-14(12)18-15/h4-5,7-9,11,13H,3,6,10,16H2,1-2H3. The van der Waals surface area contributed by atoms with E-state index in [9.17, 15) is 0 Å². The highest BCUT2D eigenvalue weighted by molar-refractivity contribution is 5.77. The summed E-state index contributed by atoms with van der Waals surface area (Å²) in [6, 6.07) is 9.72. The molecule has 0 radical (unpaired) electrons. The van der Waals surface area contributed by atoms with E-state index in [0.717, 1.165) is 29.6 Å². The van der Waals surface area contributed by atoms with Crippen LogP contribution in [0.2, 0.25) is 0 Å². The van der Waals surface area contributed by atoms with Gasteiger partial charge in [0.1, 0.15) is 11.3 Å². The second-order valence-corrected chi connectivity index (χ2v) is 4.73. The van der Waals surface area contributed by atoms with Crippen molar-refractivity contribution in [1.29, 1.82) is 0 Å². The van der Waals surface area contributed by atoms with Gasteiger partial charge in [0, 0.05) is 5.39 Å². The summed E-state index contributed by atoms with van der Waals surface area (Å²) < 4.78 is 11.4. The molecule has 98 valence electrons. The summed E-state index contributed by atoms with van der Waals surface area (Å²) in [5.41, 5.74) is 6.96. The molecule has 0 bridgehead atoms. The number of hydrogen-bond donors (Lipinski definition) is 1. The Morgan fingerprint density at radius 2 is 2.11 bits per heavy atom. The molecule has 2 aromatic rings. The van der Waals surface area contributed by atoms with Gasteiger partial charge in [-0.15, -0.1) is 0 Å². The SMILES string of the molecule is CCCC(C)OCC(N)c1cc2ccccc2o1. The predicted octanol–water partition coefficient (Wildman–Crippen LogP) is 3.64. The van der Waals surface area contributed by atoms with Crippen molar-refractivity contribution in [2.24, 2.45) is 5.73 Å². The van der Waals surface area contributed by atoms with E-state index in [1.165, 1.54) is 0 Å². The average molecular weight is 247 g/mol. The van der Waals surface area contributed by atoms with Crippen molar-refractivity contribution in [2.45, 2.75) is 38.8 Å². The van der Waals surface area contributed by atoms with Gasteiger partial charge in [-0.25, -0.2) is 0 Å². The highest BCUT2D eigenvalue weighted by atomic mass is 16.5. The maximum atomic E-state index is 6.08. The number of furan rings is 1. The zero-order valence-corrected chi connectivity index (χ0v) is 11.1. The molecule has 0 amide bonds. The molecule has 1 aromatic carbocycles. The zero-order valence-electron chi connectivity index (χ0n) is 11.1. The molecule has 3 nitrogen and oxygen atoms in total. The van der Waals surface area contributed by atoms with Gasteiger partial charge in [-0.3, -0.25) is 0 Å². The van der Waals surface area contributed by atoms with Crippen molar-refractivity contribution in [3.63, 3.8) is 0 Å². The van der Waals surface area contributed by atoms with Crippen LogP contribution in [0.25, 0.3) is 11.0 Å². The molecular weight excluding hydrogens is 226 g/mol. The lowest BCUT2D eigenvalue weighted by Crippen LogP contribution is -2.20. The molecule has 1 heterocycles. The van der Waals surface area contributed by atoms with Crippen LogP contribution in [0.15, 0.2) is 34.7 Å². The number of nitrogens with two attached hydrogens (primary N) is 1. The Morgan fingerprint density at radius 1 is 1.33 bits per heavy atom. The third-order valence-corrected chi connectivity index (χ3v) is 3.07. The van der Waals surface area contributed by atoms with Crippen molar-refractivity contribution < 1.29 is 9.15 Å². The molecule has 2 unspecified atom stereocenters. The van der Waals surface area contributed by atoms with Crippen LogP contribution in [0.4, 0.5) is 0 Å². The van der Waals surface area contributed by atoms with Gasteiger partial charge in [0.05, 0.1) is 18.8 Å². The largest absolute Gasteiger partial charge is 0.459 e. The van der Waals surface area contributed by atoms with E-state index in [1.54, 1.807) is 0 Å². The fourth-order valence-electron chi connectivity index (χ4n) is 2.03. The highest BCUT2D eigenvalue weighted by Crippen LogP contribution is 2.23. The molecular formula is C15H21NO2. The van der Waals surface area contributed by atoms with Gasteiger partial charge >= 0.3 is 0 Å². The highest BCUT2D eigenvalue weighted by Gasteiger charge is 2.13. The Kier molecular flexibility index (Phi) is 4.39. The van der Waals surface area contributed by atoms with E-state index in [2.05, 4.69) is 13.8 Å². The first-order valence-electron chi connectivity index (χ1n) is 6.56. The summed E-state index contributed by atoms with van der Waals surface area (Å²) in [4.78, 5) is 0. The number of benzene rings is 1. The summed E-state index contributed by atoms with van der Waals surface area (Å²) in [6.07, 6.45) is 2.44. The topological polar surface area (TPSA) is 48.4 Å². The monoisotopic (exact) mass is 247 g/mol. The van der Waals surface area contributed by atoms with Gasteiger partial charge in [-0.1, -0.05) is 31.5 Å². The third-order valence-electron chi connectivity index (χ3n) is 3.07. The minimum Gasteiger partial charge on any atom is -0.459 e. The van der Waals surface area contributed by atoms with Crippen molar-refractivity contribution in [3.05, 3.63) is 36.1 Å². The molecule has 3 heteroatoms. The first kappa shape index (κ1) is 13.1. The van der Waals surface area contributed by atoms with E-state index in [4.69, 9.17) is 14.9 Å². The maximum Gasteiger partial charge on any atom is 0.134 e. The van der Waals surface area contributed by atoms with Gasteiger partial charge in [0.25, 0.3) is 0 Å². The Labute approximate surface area is 108 Å². The molecule has 2 rings (SSSR count). The second-order valence-electron chi connectivity index (χ2n) is 4.73. The van der Waals surface area contributed by atoms with E-state index in [1.807, 2.05) is 30.3 Å². The minimum absolute atomic E-state index is 0.197. The van der Waals surface area contributed by atoms with Crippen LogP contribution in [0.3, 0.4) is 0 Å². The lowest BCUT2D eigenvalue weighted by atomic mass is 10.2. The first-order valence-corrected chi connectivity index (χ1v) is 6.56. The summed E-state index contributed by atoms with van der Waals surface area (Å²) in [7, 11) is 0. The molecule has 2 N–H and O–H groups in total. The number of fused-ring (bicyclic) bond motifs is 1. The smallest absolute Gasteiger partial charge is 0.134 e. The van der Waals surface area contributed by atoms with Crippen LogP contribution >= 0.6 is 0 Å². The summed E-state index contributed by atoms with van der Waals surface area (Å²) in [6.45, 7) is 4.73. The Morgan fingerprint density at radius 3 is 2.83 bits per heavy atom. The molecule has 0 saturated carbocycles. The van der Waals surface area contributed by atoms with Crippen LogP contribution in [0, 0.1) is 0 Å². The van der Waals surface area contributed by atoms with Crippen molar-refractivity contribution >= 4 is 11.0 Å². The van der Waals surface area contributed by atoms with Crippen LogP contribution in [-0.2, 0) is 4.74 Å². The number of rotatable bonds is 6. The minimum atomic E-state index is -0.197. The van der Waals surface area contributed by atoms with Gasteiger partial charge in [-0.2, -0.15) is 0 Å². The zero-order chi connectivity index (χ0) is 13.0. The summed E-state index contributed by atoms with van der Waals surface area (Å²) in [5.74, 6) is 0.792. The molecule has 18 heavy (non-hydrogen) atoms. The number of hydrogen-bond acceptors (Lipinski definition) is 3. The van der Waals surface area contributed by atoms with Crippen molar-refractivity contribution in [2.75, 3.05) is 6.61 Å².